The average Bonchev–Trinajstić information content (AvgIpc) is 2.90. The van der Waals surface area contributed by atoms with Gasteiger partial charge in [-0.05, 0) is 30.5 Å². The summed E-state index contributed by atoms with van der Waals surface area (Å²) in [6.45, 7) is 1.37. The first-order valence-corrected chi connectivity index (χ1v) is 7.30. The maximum atomic E-state index is 13.7. The van der Waals surface area contributed by atoms with E-state index >= 15 is 0 Å². The number of rotatable bonds is 4. The first kappa shape index (κ1) is 17.0. The van der Waals surface area contributed by atoms with Crippen LogP contribution in [0.5, 0.6) is 0 Å². The first-order valence-electron chi connectivity index (χ1n) is 6.42. The van der Waals surface area contributed by atoms with Crippen LogP contribution < -0.4 is 5.32 Å². The highest BCUT2D eigenvalue weighted by Gasteiger charge is 2.64. The van der Waals surface area contributed by atoms with Crippen molar-refractivity contribution in [1.29, 1.82) is 0 Å². The van der Waals surface area contributed by atoms with E-state index in [0.29, 0.717) is 0 Å². The molecule has 0 aliphatic rings. The molecule has 23 heavy (non-hydrogen) atoms. The fourth-order valence-corrected chi connectivity index (χ4v) is 2.94. The number of nitrogens with one attached hydrogen (secondary N) is 1. The largest absolute Gasteiger partial charge is 0.479 e. The molecule has 2 aromatic rings. The Labute approximate surface area is 133 Å². The number of halogens is 3. The van der Waals surface area contributed by atoms with Crippen LogP contribution in [-0.2, 0) is 10.3 Å². The van der Waals surface area contributed by atoms with Gasteiger partial charge in [-0.25, -0.2) is 4.79 Å². The molecule has 0 spiro atoms. The van der Waals surface area contributed by atoms with Crippen molar-refractivity contribution in [3.8, 4) is 0 Å². The normalized spacial score (nSPS) is 14.1. The molecule has 0 saturated heterocycles. The number of amides is 1. The molecule has 122 valence electrons. The van der Waals surface area contributed by atoms with Gasteiger partial charge in [-0.2, -0.15) is 13.2 Å². The number of hydrogen-bond acceptors (Lipinski definition) is 3. The lowest BCUT2D eigenvalue weighted by Gasteiger charge is -2.32. The number of thiophene rings is 1. The summed E-state index contributed by atoms with van der Waals surface area (Å²) < 4.78 is 41.0. The van der Waals surface area contributed by atoms with Crippen molar-refractivity contribution in [3.63, 3.8) is 0 Å². The van der Waals surface area contributed by atoms with Crippen molar-refractivity contribution in [2.75, 3.05) is 0 Å². The third kappa shape index (κ3) is 2.94. The second-order valence-electron chi connectivity index (χ2n) is 4.76. The van der Waals surface area contributed by atoms with Gasteiger partial charge in [-0.15, -0.1) is 11.3 Å². The molecular formula is C15H12F3NO3S. The molecule has 4 nitrogen and oxygen atoms in total. The Morgan fingerprint density at radius 2 is 1.74 bits per heavy atom. The molecule has 1 aromatic heterocycles. The number of alkyl halides is 3. The molecule has 1 amide bonds. The number of aryl methyl sites for hydroxylation is 1. The van der Waals surface area contributed by atoms with E-state index in [0.717, 1.165) is 17.4 Å². The van der Waals surface area contributed by atoms with Crippen molar-refractivity contribution in [2.24, 2.45) is 0 Å². The number of carboxylic acids is 1. The number of carbonyl (C=O) groups excluding carboxylic acids is 1. The fraction of sp³-hybridized carbons (Fsp3) is 0.200. The van der Waals surface area contributed by atoms with Gasteiger partial charge in [0.2, 0.25) is 0 Å². The van der Waals surface area contributed by atoms with Gasteiger partial charge in [0.25, 0.3) is 11.4 Å². The Hall–Kier alpha value is -2.35. The first-order chi connectivity index (χ1) is 10.7. The van der Waals surface area contributed by atoms with Gasteiger partial charge in [0.1, 0.15) is 0 Å². The van der Waals surface area contributed by atoms with E-state index in [1.807, 2.05) is 0 Å². The fourth-order valence-electron chi connectivity index (χ4n) is 2.19. The molecule has 2 N–H and O–H groups in total. The molecular weight excluding hydrogens is 331 g/mol. The Morgan fingerprint density at radius 3 is 2.17 bits per heavy atom. The number of hydrogen-bond donors (Lipinski definition) is 2. The van der Waals surface area contributed by atoms with Crippen LogP contribution >= 0.6 is 11.3 Å². The van der Waals surface area contributed by atoms with Gasteiger partial charge >= 0.3 is 12.1 Å². The smallest absolute Gasteiger partial charge is 0.426 e. The van der Waals surface area contributed by atoms with Gasteiger partial charge < -0.3 is 10.4 Å². The van der Waals surface area contributed by atoms with Crippen LogP contribution in [0.3, 0.4) is 0 Å². The maximum Gasteiger partial charge on any atom is 0.426 e. The van der Waals surface area contributed by atoms with Crippen molar-refractivity contribution in [3.05, 3.63) is 57.8 Å². The third-order valence-electron chi connectivity index (χ3n) is 3.35. The summed E-state index contributed by atoms with van der Waals surface area (Å²) in [5.74, 6) is -3.30. The minimum Gasteiger partial charge on any atom is -0.479 e. The molecule has 2 rings (SSSR count). The zero-order valence-corrected chi connectivity index (χ0v) is 12.7. The molecule has 1 heterocycles. The zero-order valence-electron chi connectivity index (χ0n) is 11.8. The molecule has 1 atom stereocenters. The minimum atomic E-state index is -5.21. The van der Waals surface area contributed by atoms with Crippen molar-refractivity contribution in [1.82, 2.24) is 5.32 Å². The highest BCUT2D eigenvalue weighted by atomic mass is 32.1. The van der Waals surface area contributed by atoms with Crippen LogP contribution in [0.1, 0.15) is 20.8 Å². The predicted molar refractivity (Wildman–Crippen MR) is 78.3 cm³/mol. The summed E-state index contributed by atoms with van der Waals surface area (Å²) in [5.41, 5.74) is -4.05. The van der Waals surface area contributed by atoms with E-state index in [2.05, 4.69) is 0 Å². The summed E-state index contributed by atoms with van der Waals surface area (Å²) in [6.07, 6.45) is -5.21. The van der Waals surface area contributed by atoms with E-state index in [1.165, 1.54) is 36.6 Å². The third-order valence-corrected chi connectivity index (χ3v) is 4.19. The van der Waals surface area contributed by atoms with Crippen LogP contribution in [0.25, 0.3) is 0 Å². The number of carbonyl (C=O) groups is 2. The van der Waals surface area contributed by atoms with E-state index in [9.17, 15) is 27.9 Å². The molecule has 8 heteroatoms. The van der Waals surface area contributed by atoms with Crippen LogP contribution in [0, 0.1) is 6.92 Å². The Bertz CT molecular complexity index is 727. The van der Waals surface area contributed by atoms with Crippen LogP contribution in [0.4, 0.5) is 13.2 Å². The topological polar surface area (TPSA) is 66.4 Å². The second kappa shape index (κ2) is 6.04. The quantitative estimate of drug-likeness (QED) is 0.895. The lowest BCUT2D eigenvalue weighted by atomic mass is 9.89. The van der Waals surface area contributed by atoms with Gasteiger partial charge in [-0.1, -0.05) is 18.2 Å². The van der Waals surface area contributed by atoms with Crippen molar-refractivity contribution >= 4 is 23.2 Å². The van der Waals surface area contributed by atoms with Crippen LogP contribution in [0.15, 0.2) is 41.8 Å². The molecule has 0 fully saturated rings. The van der Waals surface area contributed by atoms with Crippen LogP contribution in [-0.4, -0.2) is 23.2 Å². The Kier molecular flexibility index (Phi) is 4.46. The summed E-state index contributed by atoms with van der Waals surface area (Å²) in [7, 11) is 0. The Balaban J connectivity index is 2.57. The monoisotopic (exact) mass is 343 g/mol. The number of benzene rings is 1. The van der Waals surface area contributed by atoms with Crippen molar-refractivity contribution < 1.29 is 27.9 Å². The average molecular weight is 343 g/mol. The molecule has 0 aliphatic heterocycles. The lowest BCUT2D eigenvalue weighted by molar-refractivity contribution is -0.210. The highest BCUT2D eigenvalue weighted by Crippen LogP contribution is 2.42. The highest BCUT2D eigenvalue weighted by molar-refractivity contribution is 7.10. The van der Waals surface area contributed by atoms with Crippen LogP contribution in [0.2, 0.25) is 0 Å². The standard InChI is InChI=1S/C15H12F3NO3S/c1-9-11(7-8-23-9)14(13(21)22,15(16,17)18)19-12(20)10-5-3-2-4-6-10/h2-8H,1H3,(H,19,20)(H,21,22)/t14-/m1/s1. The number of carboxylic acid groups (broad SMARTS) is 1. The zero-order chi connectivity index (χ0) is 17.3. The minimum absolute atomic E-state index is 0.0599. The summed E-state index contributed by atoms with van der Waals surface area (Å²) >= 11 is 0.973. The summed E-state index contributed by atoms with van der Waals surface area (Å²) in [6, 6.07) is 8.21. The molecule has 1 aromatic carbocycles. The van der Waals surface area contributed by atoms with E-state index in [4.69, 9.17) is 0 Å². The Morgan fingerprint density at radius 1 is 1.13 bits per heavy atom. The summed E-state index contributed by atoms with van der Waals surface area (Å²) in [4.78, 5) is 23.9. The van der Waals surface area contributed by atoms with E-state index in [1.54, 1.807) is 11.4 Å². The lowest BCUT2D eigenvalue weighted by Crippen LogP contribution is -2.61. The number of aliphatic carboxylic acids is 1. The molecule has 0 unspecified atom stereocenters. The van der Waals surface area contributed by atoms with E-state index in [-0.39, 0.29) is 10.4 Å². The molecule has 0 saturated carbocycles. The maximum absolute atomic E-state index is 13.7. The molecule has 0 aliphatic carbocycles. The van der Waals surface area contributed by atoms with Gasteiger partial charge in [0.15, 0.2) is 0 Å². The van der Waals surface area contributed by atoms with Gasteiger partial charge in [0.05, 0.1) is 0 Å². The molecule has 0 radical (unpaired) electrons. The van der Waals surface area contributed by atoms with Gasteiger partial charge in [-0.3, -0.25) is 4.79 Å². The predicted octanol–water partition coefficient (Wildman–Crippen LogP) is 3.33. The molecule has 0 bridgehead atoms. The SMILES string of the molecule is Cc1sccc1[C@@](NC(=O)c1ccccc1)(C(=O)O)C(F)(F)F. The van der Waals surface area contributed by atoms with E-state index < -0.39 is 29.2 Å². The second-order valence-corrected chi connectivity index (χ2v) is 5.88. The van der Waals surface area contributed by atoms with Crippen molar-refractivity contribution in [2.45, 2.75) is 18.6 Å². The summed E-state index contributed by atoms with van der Waals surface area (Å²) in [5, 5.41) is 12.3. The van der Waals surface area contributed by atoms with Gasteiger partial charge in [0, 0.05) is 16.0 Å².